The lowest BCUT2D eigenvalue weighted by Gasteiger charge is -2.18. The fraction of sp³-hybridized carbons (Fsp3) is 0.0909. The summed E-state index contributed by atoms with van der Waals surface area (Å²) < 4.78 is 6.23. The fourth-order valence-electron chi connectivity index (χ4n) is 3.59. The molecule has 2 amide bonds. The number of imide groups is 1. The molecule has 0 saturated carbocycles. The predicted octanol–water partition coefficient (Wildman–Crippen LogP) is 3.48. The Morgan fingerprint density at radius 3 is 2.48 bits per heavy atom. The summed E-state index contributed by atoms with van der Waals surface area (Å²) in [6.07, 6.45) is 1.43. The molecule has 8 nitrogen and oxygen atoms in total. The van der Waals surface area contributed by atoms with Gasteiger partial charge in [-0.2, -0.15) is 5.26 Å². The number of methoxy groups -OCH3 is 1. The molecule has 2 heterocycles. The van der Waals surface area contributed by atoms with Crippen LogP contribution in [0.2, 0.25) is 5.02 Å². The van der Waals surface area contributed by atoms with Crippen LogP contribution in [0.4, 0.5) is 11.4 Å². The number of nitrogen functional groups attached to an aromatic ring is 1. The van der Waals surface area contributed by atoms with E-state index in [4.69, 9.17) is 22.1 Å². The van der Waals surface area contributed by atoms with Crippen molar-refractivity contribution < 1.29 is 19.1 Å². The average molecular weight is 435 g/mol. The van der Waals surface area contributed by atoms with Crippen LogP contribution in [0.3, 0.4) is 0 Å². The van der Waals surface area contributed by atoms with Crippen LogP contribution < -0.4 is 10.6 Å². The lowest BCUT2D eigenvalue weighted by atomic mass is 10.1. The summed E-state index contributed by atoms with van der Waals surface area (Å²) in [5.41, 5.74) is 8.11. The Kier molecular flexibility index (Phi) is 4.76. The number of benzene rings is 2. The van der Waals surface area contributed by atoms with E-state index in [2.05, 4.69) is 0 Å². The van der Waals surface area contributed by atoms with Gasteiger partial charge in [0, 0.05) is 16.9 Å². The molecule has 4 rings (SSSR count). The first-order valence-electron chi connectivity index (χ1n) is 9.07. The molecule has 1 aliphatic heterocycles. The van der Waals surface area contributed by atoms with E-state index in [1.165, 1.54) is 30.0 Å². The number of anilines is 2. The number of halogens is 1. The van der Waals surface area contributed by atoms with Crippen molar-refractivity contribution in [2.45, 2.75) is 6.92 Å². The Balaban J connectivity index is 1.80. The molecule has 0 atom stereocenters. The predicted molar refractivity (Wildman–Crippen MR) is 114 cm³/mol. The number of rotatable bonds is 3. The second-order valence-corrected chi connectivity index (χ2v) is 7.32. The summed E-state index contributed by atoms with van der Waals surface area (Å²) in [5, 5.41) is 9.64. The summed E-state index contributed by atoms with van der Waals surface area (Å²) in [4.78, 5) is 39.0. The van der Waals surface area contributed by atoms with Crippen molar-refractivity contribution in [1.82, 2.24) is 4.57 Å². The zero-order chi connectivity index (χ0) is 22.4. The zero-order valence-electron chi connectivity index (χ0n) is 16.5. The third-order valence-electron chi connectivity index (χ3n) is 5.09. The second-order valence-electron chi connectivity index (χ2n) is 6.88. The lowest BCUT2D eigenvalue weighted by Crippen LogP contribution is -2.30. The van der Waals surface area contributed by atoms with Crippen LogP contribution >= 0.6 is 11.6 Å². The van der Waals surface area contributed by atoms with Crippen molar-refractivity contribution in [2.75, 3.05) is 17.7 Å². The van der Waals surface area contributed by atoms with E-state index in [9.17, 15) is 19.6 Å². The lowest BCUT2D eigenvalue weighted by molar-refractivity contribution is 0.0592. The molecule has 2 N–H and O–H groups in total. The topological polar surface area (TPSA) is 118 Å². The van der Waals surface area contributed by atoms with Crippen LogP contribution in [0, 0.1) is 18.3 Å². The number of fused-ring (bicyclic) bond motifs is 1. The molecule has 154 valence electrons. The van der Waals surface area contributed by atoms with Gasteiger partial charge in [0.15, 0.2) is 5.69 Å². The minimum atomic E-state index is -0.696. The summed E-state index contributed by atoms with van der Waals surface area (Å²) in [7, 11) is 1.22. The van der Waals surface area contributed by atoms with Gasteiger partial charge in [-0.3, -0.25) is 9.59 Å². The van der Waals surface area contributed by atoms with Crippen molar-refractivity contribution in [3.8, 4) is 11.8 Å². The number of esters is 1. The van der Waals surface area contributed by atoms with Crippen molar-refractivity contribution in [1.29, 1.82) is 5.26 Å². The van der Waals surface area contributed by atoms with Crippen LogP contribution in [-0.4, -0.2) is 29.5 Å². The van der Waals surface area contributed by atoms with E-state index in [-0.39, 0.29) is 28.1 Å². The minimum Gasteiger partial charge on any atom is -0.464 e. The van der Waals surface area contributed by atoms with Crippen LogP contribution in [0.15, 0.2) is 42.6 Å². The van der Waals surface area contributed by atoms with Crippen LogP contribution in [0.5, 0.6) is 0 Å². The molecule has 1 aliphatic rings. The minimum absolute atomic E-state index is 0.00769. The van der Waals surface area contributed by atoms with Crippen molar-refractivity contribution in [2.24, 2.45) is 0 Å². The Morgan fingerprint density at radius 1 is 1.13 bits per heavy atom. The Bertz CT molecular complexity index is 1340. The van der Waals surface area contributed by atoms with E-state index >= 15 is 0 Å². The van der Waals surface area contributed by atoms with E-state index in [0.29, 0.717) is 22.0 Å². The Morgan fingerprint density at radius 2 is 1.84 bits per heavy atom. The molecule has 0 radical (unpaired) electrons. The molecule has 0 fully saturated rings. The number of ether oxygens (including phenoxy) is 1. The van der Waals surface area contributed by atoms with Crippen LogP contribution in [-0.2, 0) is 4.74 Å². The van der Waals surface area contributed by atoms with Gasteiger partial charge < -0.3 is 15.0 Å². The first-order valence-corrected chi connectivity index (χ1v) is 9.44. The molecular weight excluding hydrogens is 420 g/mol. The van der Waals surface area contributed by atoms with E-state index < -0.39 is 17.8 Å². The van der Waals surface area contributed by atoms with Gasteiger partial charge in [0.1, 0.15) is 6.07 Å². The van der Waals surface area contributed by atoms with Crippen molar-refractivity contribution in [3.05, 3.63) is 75.6 Å². The maximum atomic E-state index is 12.9. The molecular formula is C22H15ClN4O4. The fourth-order valence-corrected chi connectivity index (χ4v) is 3.76. The number of aryl methyl sites for hydroxylation is 1. The zero-order valence-corrected chi connectivity index (χ0v) is 17.2. The number of carbonyl (C=O) groups excluding carboxylic acids is 3. The molecule has 9 heteroatoms. The van der Waals surface area contributed by atoms with E-state index in [1.54, 1.807) is 31.2 Å². The van der Waals surface area contributed by atoms with Gasteiger partial charge >= 0.3 is 5.97 Å². The van der Waals surface area contributed by atoms with Gasteiger partial charge in [0.25, 0.3) is 11.8 Å². The molecule has 0 spiro atoms. The van der Waals surface area contributed by atoms with Gasteiger partial charge in [-0.25, -0.2) is 9.69 Å². The molecule has 31 heavy (non-hydrogen) atoms. The summed E-state index contributed by atoms with van der Waals surface area (Å²) >= 11 is 5.97. The molecule has 0 saturated heterocycles. The molecule has 1 aromatic heterocycles. The maximum absolute atomic E-state index is 12.9. The largest absolute Gasteiger partial charge is 0.464 e. The molecule has 0 aliphatic carbocycles. The normalized spacial score (nSPS) is 12.6. The highest BCUT2D eigenvalue weighted by molar-refractivity contribution is 6.36. The van der Waals surface area contributed by atoms with Crippen molar-refractivity contribution in [3.63, 3.8) is 0 Å². The standard InChI is InChI=1S/C22H15ClN4O4/c1-11-7-14(26-10-12(9-24)18(25)19(26)22(30)31-2)4-6-17(11)27-20(28)15-5-3-13(23)8-16(15)21(27)29/h3-8,10H,25H2,1-2H3. The SMILES string of the molecule is COC(=O)c1c(N)c(C#N)cn1-c1ccc(N2C(=O)c3ccc(Cl)cc3C2=O)c(C)c1. The van der Waals surface area contributed by atoms with Gasteiger partial charge in [-0.05, 0) is 48.9 Å². The van der Waals surface area contributed by atoms with Crippen LogP contribution in [0.1, 0.15) is 42.3 Å². The first-order chi connectivity index (χ1) is 14.8. The van der Waals surface area contributed by atoms with E-state index in [1.807, 2.05) is 6.07 Å². The van der Waals surface area contributed by atoms with Crippen molar-refractivity contribution >= 4 is 40.8 Å². The van der Waals surface area contributed by atoms with Gasteiger partial charge in [-0.15, -0.1) is 0 Å². The Hall–Kier alpha value is -4.09. The number of amides is 2. The summed E-state index contributed by atoms with van der Waals surface area (Å²) in [6, 6.07) is 11.4. The number of nitrogens with zero attached hydrogens (tertiary/aromatic N) is 3. The smallest absolute Gasteiger partial charge is 0.357 e. The first kappa shape index (κ1) is 20.2. The monoisotopic (exact) mass is 434 g/mol. The highest BCUT2D eigenvalue weighted by Crippen LogP contribution is 2.34. The third kappa shape index (κ3) is 3.03. The highest BCUT2D eigenvalue weighted by atomic mass is 35.5. The Labute approximate surface area is 182 Å². The highest BCUT2D eigenvalue weighted by Gasteiger charge is 2.37. The summed E-state index contributed by atoms with van der Waals surface area (Å²) in [6.45, 7) is 1.73. The number of aromatic nitrogens is 1. The molecule has 2 aromatic carbocycles. The number of nitriles is 1. The van der Waals surface area contributed by atoms with Crippen LogP contribution in [0.25, 0.3) is 5.69 Å². The maximum Gasteiger partial charge on any atom is 0.357 e. The van der Waals surface area contributed by atoms with Gasteiger partial charge in [-0.1, -0.05) is 11.6 Å². The third-order valence-corrected chi connectivity index (χ3v) is 5.33. The molecule has 3 aromatic rings. The number of nitrogens with two attached hydrogens (primary N) is 1. The number of hydrogen-bond acceptors (Lipinski definition) is 6. The molecule has 0 bridgehead atoms. The van der Waals surface area contributed by atoms with Gasteiger partial charge in [0.2, 0.25) is 0 Å². The van der Waals surface area contributed by atoms with E-state index in [0.717, 1.165) is 4.90 Å². The van der Waals surface area contributed by atoms with Gasteiger partial charge in [0.05, 0.1) is 35.2 Å². The molecule has 0 unspecified atom stereocenters. The second kappa shape index (κ2) is 7.31. The number of carbonyl (C=O) groups is 3. The summed E-state index contributed by atoms with van der Waals surface area (Å²) in [5.74, 6) is -1.61. The average Bonchev–Trinajstić information content (AvgIpc) is 3.21. The number of hydrogen-bond donors (Lipinski definition) is 1. The quantitative estimate of drug-likeness (QED) is 0.498.